The Labute approximate surface area is 192 Å². The third-order valence-corrected chi connectivity index (χ3v) is 5.86. The zero-order valence-corrected chi connectivity index (χ0v) is 19.6. The van der Waals surface area contributed by atoms with Crippen molar-refractivity contribution >= 4 is 28.0 Å². The van der Waals surface area contributed by atoms with Gasteiger partial charge in [-0.2, -0.15) is 0 Å². The summed E-state index contributed by atoms with van der Waals surface area (Å²) in [5.41, 5.74) is 4.45. The number of hydrogen-bond acceptors (Lipinski definition) is 5. The average Bonchev–Trinajstić information content (AvgIpc) is 3.33. The number of aromatic amines is 1. The number of aromatic nitrogens is 4. The number of imidazole rings is 2. The van der Waals surface area contributed by atoms with E-state index in [2.05, 4.69) is 23.4 Å². The van der Waals surface area contributed by atoms with Gasteiger partial charge in [-0.3, -0.25) is 4.57 Å². The van der Waals surface area contributed by atoms with Gasteiger partial charge >= 0.3 is 11.7 Å². The fourth-order valence-electron chi connectivity index (χ4n) is 4.17. The molecule has 33 heavy (non-hydrogen) atoms. The van der Waals surface area contributed by atoms with Crippen molar-refractivity contribution in [2.45, 2.75) is 39.8 Å². The molecular weight excluding hydrogens is 420 g/mol. The number of hydrogen-bond donors (Lipinski definition) is 1. The number of benzene rings is 2. The number of H-pyrrole nitrogens is 1. The molecular formula is C25H30N4O4. The topological polar surface area (TPSA) is 91.1 Å². The van der Waals surface area contributed by atoms with Gasteiger partial charge in [-0.1, -0.05) is 19.9 Å². The van der Waals surface area contributed by atoms with Crippen molar-refractivity contribution in [2.24, 2.45) is 5.92 Å². The van der Waals surface area contributed by atoms with E-state index in [4.69, 9.17) is 14.5 Å². The van der Waals surface area contributed by atoms with Crippen molar-refractivity contribution in [1.82, 2.24) is 19.1 Å². The maximum atomic E-state index is 12.7. The second-order valence-corrected chi connectivity index (χ2v) is 8.59. The normalized spacial score (nSPS) is 11.7. The van der Waals surface area contributed by atoms with Gasteiger partial charge in [0.15, 0.2) is 0 Å². The first-order chi connectivity index (χ1) is 15.9. The molecule has 0 aliphatic heterocycles. The maximum absolute atomic E-state index is 12.7. The van der Waals surface area contributed by atoms with Gasteiger partial charge in [0.05, 0.1) is 34.7 Å². The number of nitrogens with one attached hydrogen (secondary N) is 1. The highest BCUT2D eigenvalue weighted by molar-refractivity contribution is 5.96. The first-order valence-corrected chi connectivity index (χ1v) is 11.2. The van der Waals surface area contributed by atoms with Crippen LogP contribution in [0.5, 0.6) is 0 Å². The summed E-state index contributed by atoms with van der Waals surface area (Å²) in [6.45, 7) is 6.27. The minimum Gasteiger partial charge on any atom is -0.465 e. The third kappa shape index (κ3) is 4.43. The van der Waals surface area contributed by atoms with E-state index in [-0.39, 0.29) is 5.69 Å². The summed E-state index contributed by atoms with van der Waals surface area (Å²) in [6, 6.07) is 11.3. The van der Waals surface area contributed by atoms with Crippen LogP contribution in [0.15, 0.2) is 41.2 Å². The molecule has 0 saturated heterocycles. The third-order valence-electron chi connectivity index (χ3n) is 5.86. The minimum absolute atomic E-state index is 0.147. The van der Waals surface area contributed by atoms with Crippen LogP contribution < -0.4 is 5.69 Å². The molecule has 0 saturated carbocycles. The largest absolute Gasteiger partial charge is 0.465 e. The zero-order chi connectivity index (χ0) is 23.5. The highest BCUT2D eigenvalue weighted by atomic mass is 16.5. The number of fused-ring (bicyclic) bond motifs is 2. The molecule has 0 amide bonds. The molecule has 0 unspecified atom stereocenters. The van der Waals surface area contributed by atoms with E-state index in [1.807, 2.05) is 24.3 Å². The maximum Gasteiger partial charge on any atom is 0.337 e. The van der Waals surface area contributed by atoms with E-state index >= 15 is 0 Å². The Morgan fingerprint density at radius 2 is 1.94 bits per heavy atom. The molecule has 2 aromatic heterocycles. The molecule has 0 atom stereocenters. The summed E-state index contributed by atoms with van der Waals surface area (Å²) in [6.07, 6.45) is 1.70. The minimum atomic E-state index is -0.394. The van der Waals surface area contributed by atoms with Crippen LogP contribution in [0.3, 0.4) is 0 Å². The monoisotopic (exact) mass is 450 g/mol. The van der Waals surface area contributed by atoms with Gasteiger partial charge in [-0.15, -0.1) is 0 Å². The molecule has 174 valence electrons. The fraction of sp³-hybridized carbons (Fsp3) is 0.400. The molecule has 2 aromatic carbocycles. The summed E-state index contributed by atoms with van der Waals surface area (Å²) in [5.74, 6) is 0.896. The number of rotatable bonds is 9. The Hall–Kier alpha value is -3.39. The predicted molar refractivity (Wildman–Crippen MR) is 129 cm³/mol. The second-order valence-electron chi connectivity index (χ2n) is 8.59. The van der Waals surface area contributed by atoms with Crippen LogP contribution in [0.4, 0.5) is 0 Å². The van der Waals surface area contributed by atoms with Crippen molar-refractivity contribution in [1.29, 1.82) is 0 Å². The van der Waals surface area contributed by atoms with Crippen molar-refractivity contribution in [3.8, 4) is 11.4 Å². The van der Waals surface area contributed by atoms with Gasteiger partial charge in [0.2, 0.25) is 0 Å². The molecule has 8 nitrogen and oxygen atoms in total. The van der Waals surface area contributed by atoms with Crippen LogP contribution in [-0.2, 0) is 22.6 Å². The van der Waals surface area contributed by atoms with Crippen LogP contribution in [0, 0.1) is 5.92 Å². The van der Waals surface area contributed by atoms with Crippen LogP contribution >= 0.6 is 0 Å². The van der Waals surface area contributed by atoms with Crippen LogP contribution in [0.2, 0.25) is 0 Å². The lowest BCUT2D eigenvalue weighted by Crippen LogP contribution is -2.18. The van der Waals surface area contributed by atoms with Gasteiger partial charge < -0.3 is 19.0 Å². The van der Waals surface area contributed by atoms with E-state index in [1.54, 1.807) is 23.8 Å². The average molecular weight is 451 g/mol. The Balaban J connectivity index is 1.93. The molecule has 4 rings (SSSR count). The number of carbonyl (C=O) groups excluding carboxylic acids is 1. The van der Waals surface area contributed by atoms with Crippen molar-refractivity contribution in [2.75, 3.05) is 20.8 Å². The molecule has 0 fully saturated rings. The number of ether oxygens (including phenoxy) is 2. The van der Waals surface area contributed by atoms with E-state index in [1.165, 1.54) is 7.11 Å². The highest BCUT2D eigenvalue weighted by Crippen LogP contribution is 2.31. The second kappa shape index (κ2) is 9.62. The Kier molecular flexibility index (Phi) is 6.65. The lowest BCUT2D eigenvalue weighted by molar-refractivity contribution is 0.0601. The Morgan fingerprint density at radius 1 is 1.12 bits per heavy atom. The summed E-state index contributed by atoms with van der Waals surface area (Å²) < 4.78 is 14.0. The lowest BCUT2D eigenvalue weighted by Gasteiger charge is -2.13. The van der Waals surface area contributed by atoms with Crippen molar-refractivity contribution < 1.29 is 14.3 Å². The fourth-order valence-corrected chi connectivity index (χ4v) is 4.17. The van der Waals surface area contributed by atoms with Gasteiger partial charge in [0.25, 0.3) is 0 Å². The van der Waals surface area contributed by atoms with E-state index in [0.29, 0.717) is 24.6 Å². The number of nitrogens with zero attached hydrogens (tertiary/aromatic N) is 3. The van der Waals surface area contributed by atoms with Crippen LogP contribution in [-0.4, -0.2) is 45.9 Å². The summed E-state index contributed by atoms with van der Waals surface area (Å²) in [7, 11) is 3.03. The lowest BCUT2D eigenvalue weighted by atomic mass is 10.1. The van der Waals surface area contributed by atoms with E-state index in [9.17, 15) is 9.59 Å². The van der Waals surface area contributed by atoms with E-state index < -0.39 is 5.97 Å². The van der Waals surface area contributed by atoms with Crippen molar-refractivity contribution in [3.63, 3.8) is 0 Å². The first kappa shape index (κ1) is 22.8. The van der Waals surface area contributed by atoms with Gasteiger partial charge in [-0.05, 0) is 49.1 Å². The van der Waals surface area contributed by atoms with E-state index in [0.717, 1.165) is 52.8 Å². The van der Waals surface area contributed by atoms with Crippen molar-refractivity contribution in [3.05, 3.63) is 52.4 Å². The number of methoxy groups -OCH3 is 2. The quantitative estimate of drug-likeness (QED) is 0.305. The summed E-state index contributed by atoms with van der Waals surface area (Å²) >= 11 is 0. The molecule has 0 bridgehead atoms. The SMILES string of the molecule is COCCCn1c(=O)[nH]c2cccc(-c3nc4cc(C(=O)OC)ccc4n3CCC(C)C)c21. The van der Waals surface area contributed by atoms with Gasteiger partial charge in [-0.25, -0.2) is 14.6 Å². The molecule has 0 radical (unpaired) electrons. The number of aryl methyl sites for hydroxylation is 2. The molecule has 0 aliphatic rings. The molecule has 0 spiro atoms. The molecule has 2 heterocycles. The number of carbonyl (C=O) groups is 1. The zero-order valence-electron chi connectivity index (χ0n) is 19.6. The molecule has 1 N–H and O–H groups in total. The molecule has 0 aliphatic carbocycles. The van der Waals surface area contributed by atoms with Gasteiger partial charge in [0, 0.05) is 32.4 Å². The summed E-state index contributed by atoms with van der Waals surface area (Å²) in [5, 5.41) is 0. The predicted octanol–water partition coefficient (Wildman–Crippen LogP) is 4.22. The van der Waals surface area contributed by atoms with Gasteiger partial charge in [0.1, 0.15) is 5.82 Å². The highest BCUT2D eigenvalue weighted by Gasteiger charge is 2.20. The Bertz CT molecular complexity index is 1350. The summed E-state index contributed by atoms with van der Waals surface area (Å²) in [4.78, 5) is 32.7. The smallest absolute Gasteiger partial charge is 0.337 e. The molecule has 4 aromatic rings. The molecule has 8 heteroatoms. The standard InChI is InChI=1S/C25H30N4O4/c1-16(2)11-13-28-21-10-9-17(24(30)33-4)15-20(21)26-23(28)18-7-5-8-19-22(18)29(25(31)27-19)12-6-14-32-3/h5,7-10,15-16H,6,11-14H2,1-4H3,(H,27,31). The van der Waals surface area contributed by atoms with Crippen LogP contribution in [0.1, 0.15) is 37.0 Å². The Morgan fingerprint density at radius 3 is 2.67 bits per heavy atom. The number of para-hydroxylation sites is 1. The number of esters is 1. The first-order valence-electron chi connectivity index (χ1n) is 11.2. The van der Waals surface area contributed by atoms with Crippen LogP contribution in [0.25, 0.3) is 33.5 Å².